The molecule has 4 N–H and O–H groups in total. The van der Waals surface area contributed by atoms with E-state index in [4.69, 9.17) is 20.7 Å². The zero-order chi connectivity index (χ0) is 20.0. The summed E-state index contributed by atoms with van der Waals surface area (Å²) < 4.78 is 5.63. The van der Waals surface area contributed by atoms with Gasteiger partial charge >= 0.3 is 11.9 Å². The maximum atomic E-state index is 9.85. The highest BCUT2D eigenvalue weighted by atomic mass is 16.5. The molecule has 0 radical (unpaired) electrons. The van der Waals surface area contributed by atoms with Crippen LogP contribution < -0.4 is 5.73 Å². The highest BCUT2D eigenvalue weighted by Crippen LogP contribution is 2.08. The van der Waals surface area contributed by atoms with E-state index in [9.17, 15) is 9.59 Å². The first-order valence-corrected chi connectivity index (χ1v) is 10.2. The van der Waals surface area contributed by atoms with Gasteiger partial charge in [-0.1, -0.05) is 78.1 Å². The highest BCUT2D eigenvalue weighted by molar-refractivity contribution is 5.80. The summed E-state index contributed by atoms with van der Waals surface area (Å²) in [5, 5.41) is 16.0. The fourth-order valence-electron chi connectivity index (χ4n) is 2.35. The van der Waals surface area contributed by atoms with Crippen LogP contribution in [-0.4, -0.2) is 41.4 Å². The van der Waals surface area contributed by atoms with Crippen molar-refractivity contribution >= 4 is 11.9 Å². The molecule has 1 atom stereocenters. The summed E-state index contributed by atoms with van der Waals surface area (Å²) in [5.41, 5.74) is 4.84. The molecule has 156 valence electrons. The van der Waals surface area contributed by atoms with Gasteiger partial charge in [-0.2, -0.15) is 0 Å². The van der Waals surface area contributed by atoms with Gasteiger partial charge in [0.15, 0.2) is 0 Å². The Morgan fingerprint density at radius 3 is 1.50 bits per heavy atom. The average molecular weight is 376 g/mol. The van der Waals surface area contributed by atoms with Gasteiger partial charge in [0.1, 0.15) is 6.04 Å². The molecule has 0 aliphatic heterocycles. The Hall–Kier alpha value is -1.14. The molecule has 26 heavy (non-hydrogen) atoms. The number of carboxylic acids is 2. The number of rotatable bonds is 17. The van der Waals surface area contributed by atoms with E-state index in [1.807, 2.05) is 0 Å². The summed E-state index contributed by atoms with van der Waals surface area (Å²) in [7, 11) is 0. The van der Waals surface area contributed by atoms with Crippen molar-refractivity contribution in [3.05, 3.63) is 0 Å². The lowest BCUT2D eigenvalue weighted by Crippen LogP contribution is -2.32. The molecule has 0 saturated carbocycles. The fourth-order valence-corrected chi connectivity index (χ4v) is 2.35. The highest BCUT2D eigenvalue weighted by Gasteiger charge is 2.14. The molecule has 0 rings (SSSR count). The van der Waals surface area contributed by atoms with Crippen molar-refractivity contribution in [1.82, 2.24) is 0 Å². The smallest absolute Gasteiger partial charge is 0.321 e. The lowest BCUT2D eigenvalue weighted by atomic mass is 10.1. The molecule has 1 unspecified atom stereocenters. The number of aliphatic carboxylic acids is 2. The van der Waals surface area contributed by atoms with Crippen LogP contribution in [-0.2, 0) is 14.3 Å². The minimum absolute atomic E-state index is 0.532. The van der Waals surface area contributed by atoms with E-state index in [0.717, 1.165) is 13.2 Å². The van der Waals surface area contributed by atoms with Crippen LogP contribution in [0.1, 0.15) is 97.3 Å². The van der Waals surface area contributed by atoms with E-state index in [1.165, 1.54) is 77.0 Å². The van der Waals surface area contributed by atoms with Gasteiger partial charge < -0.3 is 20.7 Å². The Morgan fingerprint density at radius 1 is 0.769 bits per heavy atom. The van der Waals surface area contributed by atoms with Gasteiger partial charge in [0.2, 0.25) is 0 Å². The van der Waals surface area contributed by atoms with Gasteiger partial charge in [0, 0.05) is 13.2 Å². The molecule has 0 aliphatic carbocycles. The van der Waals surface area contributed by atoms with E-state index in [1.54, 1.807) is 0 Å². The van der Waals surface area contributed by atoms with Crippen molar-refractivity contribution in [1.29, 1.82) is 0 Å². The lowest BCUT2D eigenvalue weighted by molar-refractivity contribution is -0.144. The molecule has 0 saturated heterocycles. The topological polar surface area (TPSA) is 110 Å². The molecule has 0 heterocycles. The first-order valence-electron chi connectivity index (χ1n) is 10.2. The van der Waals surface area contributed by atoms with Crippen molar-refractivity contribution in [2.24, 2.45) is 5.73 Å². The normalized spacial score (nSPS) is 11.5. The molecule has 0 aromatic heterocycles. The Labute approximate surface area is 159 Å². The van der Waals surface area contributed by atoms with Gasteiger partial charge in [0.05, 0.1) is 6.42 Å². The van der Waals surface area contributed by atoms with Crippen LogP contribution in [0.5, 0.6) is 0 Å². The van der Waals surface area contributed by atoms with E-state index in [-0.39, 0.29) is 0 Å². The van der Waals surface area contributed by atoms with Gasteiger partial charge in [-0.3, -0.25) is 9.59 Å². The number of unbranched alkanes of at least 4 members (excludes halogenated alkanes) is 10. The molecule has 0 aliphatic rings. The predicted molar refractivity (Wildman–Crippen MR) is 105 cm³/mol. The van der Waals surface area contributed by atoms with Crippen LogP contribution in [0.4, 0.5) is 0 Å². The first-order chi connectivity index (χ1) is 12.5. The van der Waals surface area contributed by atoms with Crippen LogP contribution in [0.15, 0.2) is 0 Å². The quantitative estimate of drug-likeness (QED) is 0.321. The molecule has 0 fully saturated rings. The molecule has 0 amide bonds. The summed E-state index contributed by atoms with van der Waals surface area (Å²) in [4.78, 5) is 19.6. The van der Waals surface area contributed by atoms with Crippen LogP contribution in [0.2, 0.25) is 0 Å². The summed E-state index contributed by atoms with van der Waals surface area (Å²) in [6.45, 7) is 6.50. The number of hydrogen-bond acceptors (Lipinski definition) is 4. The van der Waals surface area contributed by atoms with Gasteiger partial charge in [0.25, 0.3) is 0 Å². The number of nitrogens with two attached hydrogens (primary N) is 1. The molecular weight excluding hydrogens is 334 g/mol. The second kappa shape index (κ2) is 21.9. The number of ether oxygens (including phenoxy) is 1. The predicted octanol–water partition coefficient (Wildman–Crippen LogP) is 4.60. The van der Waals surface area contributed by atoms with Crippen LogP contribution in [0.3, 0.4) is 0 Å². The van der Waals surface area contributed by atoms with Crippen molar-refractivity contribution in [2.45, 2.75) is 103 Å². The Morgan fingerprint density at radius 2 is 1.15 bits per heavy atom. The Bertz CT molecular complexity index is 309. The monoisotopic (exact) mass is 375 g/mol. The van der Waals surface area contributed by atoms with E-state index in [2.05, 4.69) is 13.8 Å². The first kappa shape index (κ1) is 27.1. The molecule has 6 nitrogen and oxygen atoms in total. The van der Waals surface area contributed by atoms with Gasteiger partial charge in [-0.15, -0.1) is 0 Å². The third-order valence-electron chi connectivity index (χ3n) is 4.00. The van der Waals surface area contributed by atoms with Crippen LogP contribution in [0.25, 0.3) is 0 Å². The zero-order valence-electron chi connectivity index (χ0n) is 16.9. The lowest BCUT2D eigenvalue weighted by Gasteiger charge is -2.04. The fraction of sp³-hybridized carbons (Fsp3) is 0.900. The van der Waals surface area contributed by atoms with E-state index < -0.39 is 24.4 Å². The molecule has 0 bridgehead atoms. The summed E-state index contributed by atoms with van der Waals surface area (Å²) in [5.74, 6) is -2.50. The second-order valence-electron chi connectivity index (χ2n) is 6.69. The molecule has 6 heteroatoms. The van der Waals surface area contributed by atoms with Crippen molar-refractivity contribution in [2.75, 3.05) is 13.2 Å². The maximum absolute atomic E-state index is 9.85. The maximum Gasteiger partial charge on any atom is 0.321 e. The van der Waals surface area contributed by atoms with E-state index in [0.29, 0.717) is 0 Å². The zero-order valence-corrected chi connectivity index (χ0v) is 16.9. The summed E-state index contributed by atoms with van der Waals surface area (Å²) >= 11 is 0. The van der Waals surface area contributed by atoms with Gasteiger partial charge in [-0.05, 0) is 12.8 Å². The molecule has 0 aromatic carbocycles. The number of carboxylic acid groups (broad SMARTS) is 2. The Kier molecular flexibility index (Phi) is 22.8. The summed E-state index contributed by atoms with van der Waals surface area (Å²) in [6, 6.07) is -1.29. The largest absolute Gasteiger partial charge is 0.481 e. The molecule has 0 spiro atoms. The average Bonchev–Trinajstić information content (AvgIpc) is 2.59. The number of hydrogen-bond donors (Lipinski definition) is 3. The third kappa shape index (κ3) is 25.1. The van der Waals surface area contributed by atoms with E-state index >= 15 is 0 Å². The minimum Gasteiger partial charge on any atom is -0.481 e. The SMILES string of the molecule is CCCCCCCCCCOCCCCCC.NC(CC(=O)O)C(=O)O. The Balaban J connectivity index is 0. The standard InChI is InChI=1S/C16H34O.C4H7NO4/c1-3-5-7-9-10-11-12-14-16-17-15-13-8-6-4-2;5-2(4(8)9)1-3(6)7/h3-16H2,1-2H3;2H,1,5H2,(H,6,7)(H,8,9). The molecular formula is C20H41NO5. The second-order valence-corrected chi connectivity index (χ2v) is 6.69. The number of carbonyl (C=O) groups is 2. The van der Waals surface area contributed by atoms with Crippen molar-refractivity contribution < 1.29 is 24.5 Å². The van der Waals surface area contributed by atoms with Crippen LogP contribution in [0, 0.1) is 0 Å². The summed E-state index contributed by atoms with van der Waals surface area (Å²) in [6.07, 6.45) is 15.8. The van der Waals surface area contributed by atoms with Crippen molar-refractivity contribution in [3.63, 3.8) is 0 Å². The minimum atomic E-state index is -1.29. The van der Waals surface area contributed by atoms with Crippen LogP contribution >= 0.6 is 0 Å². The molecule has 0 aromatic rings. The van der Waals surface area contributed by atoms with Gasteiger partial charge in [-0.25, -0.2) is 0 Å². The third-order valence-corrected chi connectivity index (χ3v) is 4.00. The van der Waals surface area contributed by atoms with Crippen molar-refractivity contribution in [3.8, 4) is 0 Å².